The average Bonchev–Trinajstić information content (AvgIpc) is 2.36. The minimum Gasteiger partial charge on any atom is -0.494 e. The number of nitrogens with one attached hydrogen (secondary N) is 1. The number of carboxylic acids is 1. The second-order valence-corrected chi connectivity index (χ2v) is 4.36. The van der Waals surface area contributed by atoms with Crippen molar-refractivity contribution in [3.05, 3.63) is 29.8 Å². The van der Waals surface area contributed by atoms with E-state index in [1.54, 1.807) is 6.92 Å². The number of hydrogen-bond donors (Lipinski definition) is 2. The summed E-state index contributed by atoms with van der Waals surface area (Å²) in [5.41, 5.74) is -1.60. The fourth-order valence-electron chi connectivity index (χ4n) is 1.63. The molecule has 1 rings (SSSR count). The van der Waals surface area contributed by atoms with Crippen molar-refractivity contribution in [1.82, 2.24) is 5.32 Å². The van der Waals surface area contributed by atoms with E-state index in [1.807, 2.05) is 5.32 Å². The normalized spacial score (nSPS) is 14.7. The van der Waals surface area contributed by atoms with Crippen LogP contribution in [0.3, 0.4) is 0 Å². The molecule has 0 amide bonds. The molecule has 0 fully saturated rings. The molecule has 1 aromatic rings. The Morgan fingerprint density at radius 3 is 2.25 bits per heavy atom. The van der Waals surface area contributed by atoms with Gasteiger partial charge in [0, 0.05) is 0 Å². The van der Waals surface area contributed by atoms with Crippen LogP contribution in [0.15, 0.2) is 24.3 Å². The summed E-state index contributed by atoms with van der Waals surface area (Å²) in [5.74, 6) is -0.856. The lowest BCUT2D eigenvalue weighted by atomic mass is 9.92. The van der Waals surface area contributed by atoms with E-state index < -0.39 is 24.2 Å². The van der Waals surface area contributed by atoms with E-state index in [0.717, 1.165) is 0 Å². The first-order valence-electron chi connectivity index (χ1n) is 5.97. The molecule has 1 atom stereocenters. The molecule has 0 spiro atoms. The number of carbonyl (C=O) groups is 1. The highest BCUT2D eigenvalue weighted by atomic mass is 19.4. The summed E-state index contributed by atoms with van der Waals surface area (Å²) < 4.78 is 42.0. The molecule has 0 bridgehead atoms. The van der Waals surface area contributed by atoms with Crippen molar-refractivity contribution in [3.8, 4) is 5.75 Å². The maximum absolute atomic E-state index is 12.3. The van der Waals surface area contributed by atoms with Crippen LogP contribution in [0, 0.1) is 0 Å². The Morgan fingerprint density at radius 1 is 1.30 bits per heavy atom. The maximum atomic E-state index is 12.3. The number of hydrogen-bond acceptors (Lipinski definition) is 3. The monoisotopic (exact) mass is 291 g/mol. The summed E-state index contributed by atoms with van der Waals surface area (Å²) in [6, 6.07) is 5.91. The molecule has 112 valence electrons. The molecule has 2 N–H and O–H groups in total. The molecule has 0 heterocycles. The van der Waals surface area contributed by atoms with Crippen LogP contribution in [0.25, 0.3) is 0 Å². The Labute approximate surface area is 114 Å². The molecular formula is C13H16F3NO3. The molecule has 1 aromatic carbocycles. The fourth-order valence-corrected chi connectivity index (χ4v) is 1.63. The van der Waals surface area contributed by atoms with Gasteiger partial charge in [-0.1, -0.05) is 12.1 Å². The van der Waals surface area contributed by atoms with E-state index >= 15 is 0 Å². The van der Waals surface area contributed by atoms with Crippen molar-refractivity contribution in [1.29, 1.82) is 0 Å². The quantitative estimate of drug-likeness (QED) is 0.845. The van der Waals surface area contributed by atoms with Gasteiger partial charge in [0.1, 0.15) is 11.3 Å². The van der Waals surface area contributed by atoms with Crippen molar-refractivity contribution in [2.75, 3.05) is 13.2 Å². The van der Waals surface area contributed by atoms with E-state index in [2.05, 4.69) is 0 Å². The van der Waals surface area contributed by atoms with Crippen LogP contribution in [0.2, 0.25) is 0 Å². The SMILES string of the molecule is CCOc1ccc(C(C)(NCC(F)(F)F)C(=O)O)cc1. The summed E-state index contributed by atoms with van der Waals surface area (Å²) in [6.07, 6.45) is -4.48. The Kier molecular flexibility index (Phi) is 4.99. The molecule has 0 saturated heterocycles. The summed E-state index contributed by atoms with van der Waals surface area (Å²) in [6.45, 7) is 2.04. The van der Waals surface area contributed by atoms with Gasteiger partial charge in [0.2, 0.25) is 0 Å². The van der Waals surface area contributed by atoms with Gasteiger partial charge in [0.25, 0.3) is 0 Å². The van der Waals surface area contributed by atoms with Crippen LogP contribution in [-0.2, 0) is 10.3 Å². The van der Waals surface area contributed by atoms with Gasteiger partial charge < -0.3 is 9.84 Å². The molecule has 0 aromatic heterocycles. The molecule has 1 unspecified atom stereocenters. The third kappa shape index (κ3) is 4.12. The van der Waals surface area contributed by atoms with Crippen molar-refractivity contribution in [2.24, 2.45) is 0 Å². The smallest absolute Gasteiger partial charge is 0.401 e. The minimum atomic E-state index is -4.48. The molecule has 0 radical (unpaired) electrons. The first kappa shape index (κ1) is 16.3. The van der Waals surface area contributed by atoms with E-state index in [9.17, 15) is 23.1 Å². The Morgan fingerprint density at radius 2 is 1.85 bits per heavy atom. The van der Waals surface area contributed by atoms with Crippen LogP contribution in [0.4, 0.5) is 13.2 Å². The third-order valence-electron chi connectivity index (χ3n) is 2.81. The predicted octanol–water partition coefficient (Wildman–Crippen LogP) is 2.54. The summed E-state index contributed by atoms with van der Waals surface area (Å²) >= 11 is 0. The molecule has 20 heavy (non-hydrogen) atoms. The first-order valence-corrected chi connectivity index (χ1v) is 5.97. The zero-order valence-electron chi connectivity index (χ0n) is 11.1. The third-order valence-corrected chi connectivity index (χ3v) is 2.81. The zero-order valence-corrected chi connectivity index (χ0v) is 11.1. The maximum Gasteiger partial charge on any atom is 0.401 e. The van der Waals surface area contributed by atoms with Gasteiger partial charge in [0.05, 0.1) is 13.2 Å². The average molecular weight is 291 g/mol. The number of ether oxygens (including phenoxy) is 1. The van der Waals surface area contributed by atoms with Crippen LogP contribution >= 0.6 is 0 Å². The van der Waals surface area contributed by atoms with Crippen molar-refractivity contribution in [3.63, 3.8) is 0 Å². The Balaban J connectivity index is 2.97. The van der Waals surface area contributed by atoms with Crippen LogP contribution in [-0.4, -0.2) is 30.4 Å². The number of carboxylic acid groups (broad SMARTS) is 1. The predicted molar refractivity (Wildman–Crippen MR) is 66.7 cm³/mol. The summed E-state index contributed by atoms with van der Waals surface area (Å²) in [4.78, 5) is 11.3. The van der Waals surface area contributed by atoms with Crippen LogP contribution < -0.4 is 10.1 Å². The second kappa shape index (κ2) is 6.13. The Hall–Kier alpha value is -1.76. The van der Waals surface area contributed by atoms with Gasteiger partial charge in [-0.25, -0.2) is 4.79 Å². The van der Waals surface area contributed by atoms with E-state index in [0.29, 0.717) is 12.4 Å². The molecular weight excluding hydrogens is 275 g/mol. The molecule has 0 aliphatic carbocycles. The highest BCUT2D eigenvalue weighted by molar-refractivity contribution is 5.80. The van der Waals surface area contributed by atoms with Gasteiger partial charge in [-0.05, 0) is 31.5 Å². The van der Waals surface area contributed by atoms with Crippen LogP contribution in [0.5, 0.6) is 5.75 Å². The largest absolute Gasteiger partial charge is 0.494 e. The van der Waals surface area contributed by atoms with Gasteiger partial charge in [0.15, 0.2) is 0 Å². The number of benzene rings is 1. The lowest BCUT2D eigenvalue weighted by Gasteiger charge is -2.27. The Bertz CT molecular complexity index is 459. The molecule has 0 aliphatic heterocycles. The lowest BCUT2D eigenvalue weighted by molar-refractivity contribution is -0.150. The van der Waals surface area contributed by atoms with Gasteiger partial charge >= 0.3 is 12.1 Å². The van der Waals surface area contributed by atoms with Gasteiger partial charge in [-0.2, -0.15) is 13.2 Å². The molecule has 7 heteroatoms. The minimum absolute atomic E-state index is 0.220. The van der Waals surface area contributed by atoms with Gasteiger partial charge in [-0.3, -0.25) is 5.32 Å². The summed E-state index contributed by atoms with van der Waals surface area (Å²) in [5, 5.41) is 11.2. The van der Waals surface area contributed by atoms with Crippen LogP contribution in [0.1, 0.15) is 19.4 Å². The number of alkyl halides is 3. The van der Waals surface area contributed by atoms with Crippen molar-refractivity contribution in [2.45, 2.75) is 25.6 Å². The highest BCUT2D eigenvalue weighted by Gasteiger charge is 2.39. The molecule has 4 nitrogen and oxygen atoms in total. The number of aliphatic carboxylic acids is 1. The fraction of sp³-hybridized carbons (Fsp3) is 0.462. The number of halogens is 3. The topological polar surface area (TPSA) is 58.6 Å². The second-order valence-electron chi connectivity index (χ2n) is 4.36. The first-order chi connectivity index (χ1) is 9.19. The number of rotatable bonds is 6. The highest BCUT2D eigenvalue weighted by Crippen LogP contribution is 2.25. The summed E-state index contributed by atoms with van der Waals surface area (Å²) in [7, 11) is 0. The van der Waals surface area contributed by atoms with E-state index in [4.69, 9.17) is 4.74 Å². The standard InChI is InChI=1S/C13H16F3NO3/c1-3-20-10-6-4-9(5-7-10)12(2,11(18)19)17-8-13(14,15)16/h4-7,17H,3,8H2,1-2H3,(H,18,19). The molecule has 0 aliphatic rings. The zero-order chi connectivity index (χ0) is 15.4. The van der Waals surface area contributed by atoms with Gasteiger partial charge in [-0.15, -0.1) is 0 Å². The van der Waals surface area contributed by atoms with E-state index in [-0.39, 0.29) is 5.56 Å². The lowest BCUT2D eigenvalue weighted by Crippen LogP contribution is -2.50. The molecule has 0 saturated carbocycles. The van der Waals surface area contributed by atoms with E-state index in [1.165, 1.54) is 31.2 Å². The van der Waals surface area contributed by atoms with Crippen molar-refractivity contribution < 1.29 is 27.8 Å². The van der Waals surface area contributed by atoms with Crippen molar-refractivity contribution >= 4 is 5.97 Å².